The fraction of sp³-hybridized carbons (Fsp3) is 0.286. The average Bonchev–Trinajstić information content (AvgIpc) is 2.71. The molecule has 0 radical (unpaired) electrons. The summed E-state index contributed by atoms with van der Waals surface area (Å²) >= 11 is 9.28. The minimum atomic E-state index is -0.490. The number of rotatable bonds is 4. The van der Waals surface area contributed by atoms with E-state index in [-0.39, 0.29) is 6.61 Å². The standard InChI is InChI=1S/C14H15BrClN3O2/c1-3-11-13(15)12(19(2)18-11)7-21-14(20)9-5-4-8(16)6-10(9)17/h4-6H,3,7,17H2,1-2H3. The Morgan fingerprint density at radius 3 is 2.81 bits per heavy atom. The second-order valence-corrected chi connectivity index (χ2v) is 5.72. The number of nitrogen functional groups attached to an aromatic ring is 1. The molecule has 0 atom stereocenters. The van der Waals surface area contributed by atoms with E-state index in [1.54, 1.807) is 16.8 Å². The maximum Gasteiger partial charge on any atom is 0.340 e. The fourth-order valence-electron chi connectivity index (χ4n) is 1.91. The first-order valence-electron chi connectivity index (χ1n) is 6.36. The Morgan fingerprint density at radius 1 is 1.52 bits per heavy atom. The first-order chi connectivity index (χ1) is 9.93. The van der Waals surface area contributed by atoms with Crippen LogP contribution in [0.4, 0.5) is 5.69 Å². The van der Waals surface area contributed by atoms with Gasteiger partial charge in [-0.05, 0) is 40.5 Å². The van der Waals surface area contributed by atoms with Crippen LogP contribution in [0.15, 0.2) is 22.7 Å². The second-order valence-electron chi connectivity index (χ2n) is 4.49. The Kier molecular flexibility index (Phi) is 4.90. The summed E-state index contributed by atoms with van der Waals surface area (Å²) in [6, 6.07) is 4.67. The predicted octanol–water partition coefficient (Wildman–Crippen LogP) is 3.34. The molecule has 1 aromatic carbocycles. The van der Waals surface area contributed by atoms with Crippen LogP contribution in [-0.4, -0.2) is 15.7 Å². The van der Waals surface area contributed by atoms with Crippen molar-refractivity contribution in [2.75, 3.05) is 5.73 Å². The molecule has 0 saturated heterocycles. The summed E-state index contributed by atoms with van der Waals surface area (Å²) in [6.07, 6.45) is 0.798. The highest BCUT2D eigenvalue weighted by atomic mass is 79.9. The van der Waals surface area contributed by atoms with Crippen LogP contribution in [0, 0.1) is 0 Å². The molecule has 0 amide bonds. The van der Waals surface area contributed by atoms with Gasteiger partial charge in [0.2, 0.25) is 0 Å². The van der Waals surface area contributed by atoms with E-state index in [4.69, 9.17) is 22.1 Å². The van der Waals surface area contributed by atoms with Crippen LogP contribution < -0.4 is 5.73 Å². The SMILES string of the molecule is CCc1nn(C)c(COC(=O)c2ccc(Cl)cc2N)c1Br. The van der Waals surface area contributed by atoms with Crippen molar-refractivity contribution in [3.63, 3.8) is 0 Å². The van der Waals surface area contributed by atoms with Gasteiger partial charge in [-0.1, -0.05) is 18.5 Å². The van der Waals surface area contributed by atoms with Gasteiger partial charge >= 0.3 is 5.97 Å². The number of benzene rings is 1. The predicted molar refractivity (Wildman–Crippen MR) is 85.3 cm³/mol. The van der Waals surface area contributed by atoms with Crippen LogP contribution in [0.25, 0.3) is 0 Å². The first kappa shape index (κ1) is 15.9. The minimum Gasteiger partial charge on any atom is -0.455 e. The number of esters is 1. The van der Waals surface area contributed by atoms with Crippen molar-refractivity contribution in [1.82, 2.24) is 9.78 Å². The lowest BCUT2D eigenvalue weighted by Gasteiger charge is -2.08. The third kappa shape index (κ3) is 3.39. The molecule has 0 saturated carbocycles. The molecule has 7 heteroatoms. The van der Waals surface area contributed by atoms with Crippen molar-refractivity contribution in [2.45, 2.75) is 20.0 Å². The maximum atomic E-state index is 12.1. The number of aromatic nitrogens is 2. The van der Waals surface area contributed by atoms with Crippen molar-refractivity contribution in [2.24, 2.45) is 7.05 Å². The van der Waals surface area contributed by atoms with Gasteiger partial charge in [0, 0.05) is 17.8 Å². The van der Waals surface area contributed by atoms with E-state index in [2.05, 4.69) is 21.0 Å². The number of hydrogen-bond donors (Lipinski definition) is 1. The molecule has 112 valence electrons. The average molecular weight is 373 g/mol. The third-order valence-electron chi connectivity index (χ3n) is 3.08. The van der Waals surface area contributed by atoms with Crippen LogP contribution in [-0.2, 0) is 24.8 Å². The number of carbonyl (C=O) groups is 1. The minimum absolute atomic E-state index is 0.116. The lowest BCUT2D eigenvalue weighted by Crippen LogP contribution is -2.10. The van der Waals surface area contributed by atoms with Crippen LogP contribution in [0.5, 0.6) is 0 Å². The van der Waals surface area contributed by atoms with Gasteiger partial charge in [-0.3, -0.25) is 4.68 Å². The molecule has 0 aliphatic rings. The molecule has 1 aromatic heterocycles. The zero-order valence-electron chi connectivity index (χ0n) is 11.7. The summed E-state index contributed by atoms with van der Waals surface area (Å²) in [6.45, 7) is 2.13. The van der Waals surface area contributed by atoms with Crippen LogP contribution in [0.1, 0.15) is 28.7 Å². The van der Waals surface area contributed by atoms with Crippen molar-refractivity contribution in [1.29, 1.82) is 0 Å². The fourth-order valence-corrected chi connectivity index (χ4v) is 2.82. The van der Waals surface area contributed by atoms with Gasteiger partial charge in [-0.25, -0.2) is 4.79 Å². The van der Waals surface area contributed by atoms with Gasteiger partial charge in [-0.2, -0.15) is 5.10 Å². The van der Waals surface area contributed by atoms with Crippen LogP contribution in [0.3, 0.4) is 0 Å². The normalized spacial score (nSPS) is 10.7. The number of hydrogen-bond acceptors (Lipinski definition) is 4. The van der Waals surface area contributed by atoms with E-state index >= 15 is 0 Å². The molecule has 0 bridgehead atoms. The summed E-state index contributed by atoms with van der Waals surface area (Å²) in [4.78, 5) is 12.1. The highest BCUT2D eigenvalue weighted by molar-refractivity contribution is 9.10. The molecular weight excluding hydrogens is 358 g/mol. The van der Waals surface area contributed by atoms with E-state index in [0.717, 1.165) is 22.3 Å². The Labute approximate surface area is 136 Å². The number of aryl methyl sites for hydroxylation is 2. The van der Waals surface area contributed by atoms with Crippen molar-refractivity contribution >= 4 is 39.2 Å². The van der Waals surface area contributed by atoms with Gasteiger partial charge in [0.15, 0.2) is 0 Å². The summed E-state index contributed by atoms with van der Waals surface area (Å²) in [5.74, 6) is -0.490. The van der Waals surface area contributed by atoms with E-state index in [1.165, 1.54) is 6.07 Å². The molecule has 5 nitrogen and oxygen atoms in total. The highest BCUT2D eigenvalue weighted by Crippen LogP contribution is 2.23. The molecule has 1 heterocycles. The molecule has 21 heavy (non-hydrogen) atoms. The largest absolute Gasteiger partial charge is 0.455 e. The Morgan fingerprint density at radius 2 is 2.24 bits per heavy atom. The molecule has 2 aromatic rings. The molecule has 2 rings (SSSR count). The lowest BCUT2D eigenvalue weighted by molar-refractivity contribution is 0.0464. The van der Waals surface area contributed by atoms with Gasteiger partial charge in [0.05, 0.1) is 21.4 Å². The third-order valence-corrected chi connectivity index (χ3v) is 4.23. The highest BCUT2D eigenvalue weighted by Gasteiger charge is 2.16. The van der Waals surface area contributed by atoms with Crippen molar-refractivity contribution in [3.8, 4) is 0 Å². The number of nitrogens with two attached hydrogens (primary N) is 1. The summed E-state index contributed by atoms with van der Waals surface area (Å²) in [7, 11) is 1.81. The number of anilines is 1. The summed E-state index contributed by atoms with van der Waals surface area (Å²) in [5, 5.41) is 4.82. The van der Waals surface area contributed by atoms with Crippen LogP contribution >= 0.6 is 27.5 Å². The van der Waals surface area contributed by atoms with E-state index < -0.39 is 5.97 Å². The van der Waals surface area contributed by atoms with Gasteiger partial charge < -0.3 is 10.5 Å². The summed E-state index contributed by atoms with van der Waals surface area (Å²) in [5.41, 5.74) is 8.09. The Bertz CT molecular complexity index is 685. The number of nitrogens with zero attached hydrogens (tertiary/aromatic N) is 2. The second kappa shape index (κ2) is 6.49. The quantitative estimate of drug-likeness (QED) is 0.660. The molecule has 0 aliphatic carbocycles. The molecule has 2 N–H and O–H groups in total. The Hall–Kier alpha value is -1.53. The lowest BCUT2D eigenvalue weighted by atomic mass is 10.2. The van der Waals surface area contributed by atoms with Gasteiger partial charge in [0.25, 0.3) is 0 Å². The molecule has 0 unspecified atom stereocenters. The van der Waals surface area contributed by atoms with Crippen molar-refractivity contribution in [3.05, 3.63) is 44.6 Å². The van der Waals surface area contributed by atoms with E-state index in [0.29, 0.717) is 16.3 Å². The van der Waals surface area contributed by atoms with E-state index in [1.807, 2.05) is 14.0 Å². The Balaban J connectivity index is 2.13. The van der Waals surface area contributed by atoms with E-state index in [9.17, 15) is 4.79 Å². The van der Waals surface area contributed by atoms with Crippen molar-refractivity contribution < 1.29 is 9.53 Å². The van der Waals surface area contributed by atoms with Crippen LogP contribution in [0.2, 0.25) is 5.02 Å². The maximum absolute atomic E-state index is 12.1. The summed E-state index contributed by atoms with van der Waals surface area (Å²) < 4.78 is 7.86. The molecule has 0 fully saturated rings. The number of ether oxygens (including phenoxy) is 1. The zero-order chi connectivity index (χ0) is 15.6. The smallest absolute Gasteiger partial charge is 0.340 e. The topological polar surface area (TPSA) is 70.1 Å². The first-order valence-corrected chi connectivity index (χ1v) is 7.53. The number of carbonyl (C=O) groups excluding carboxylic acids is 1. The van der Waals surface area contributed by atoms with Gasteiger partial charge in [-0.15, -0.1) is 0 Å². The zero-order valence-corrected chi connectivity index (χ0v) is 14.0. The molecule has 0 aliphatic heterocycles. The van der Waals surface area contributed by atoms with Gasteiger partial charge in [0.1, 0.15) is 6.61 Å². The number of halogens is 2. The molecular formula is C14H15BrClN3O2. The molecule has 0 spiro atoms. The monoisotopic (exact) mass is 371 g/mol.